The van der Waals surface area contributed by atoms with E-state index in [1.165, 1.54) is 54.6 Å². The highest BCUT2D eigenvalue weighted by Crippen LogP contribution is 2.22. The molecule has 2 aromatic carbocycles. The van der Waals surface area contributed by atoms with Crippen LogP contribution in [0, 0.1) is 0 Å². The predicted octanol–water partition coefficient (Wildman–Crippen LogP) is 1.40. The molecular formula is C15H15NO9S2. The lowest BCUT2D eigenvalue weighted by Crippen LogP contribution is -2.22. The molecule has 0 amide bonds. The third-order valence-electron chi connectivity index (χ3n) is 2.61. The monoisotopic (exact) mass is 417 g/mol. The Kier molecular flexibility index (Phi) is 6.54. The lowest BCUT2D eigenvalue weighted by atomic mass is 10.3. The van der Waals surface area contributed by atoms with Gasteiger partial charge in [0.05, 0.1) is 0 Å². The maximum absolute atomic E-state index is 11.5. The average molecular weight is 417 g/mol. The van der Waals surface area contributed by atoms with Crippen molar-refractivity contribution < 1.29 is 38.6 Å². The van der Waals surface area contributed by atoms with Gasteiger partial charge in [-0.15, -0.1) is 0 Å². The molecule has 0 radical (unpaired) electrons. The molecule has 2 aromatic rings. The summed E-state index contributed by atoms with van der Waals surface area (Å²) in [5, 5.41) is 0. The smallest absolute Gasteiger partial charge is 0.361 e. The Hall–Kier alpha value is -2.48. The molecule has 3 rings (SSSR count). The fourth-order valence-corrected chi connectivity index (χ4v) is 3.17. The number of nitrogens with two attached hydrogens (primary N) is 1. The molecule has 0 unspecified atom stereocenters. The fraction of sp³-hybridized carbons (Fsp3) is 0.0667. The molecule has 10 nitrogen and oxygen atoms in total. The number of para-hydroxylation sites is 2. The van der Waals surface area contributed by atoms with E-state index in [2.05, 4.69) is 28.3 Å². The fourth-order valence-electron chi connectivity index (χ4n) is 1.43. The van der Waals surface area contributed by atoms with Gasteiger partial charge in [0.15, 0.2) is 0 Å². The zero-order valence-corrected chi connectivity index (χ0v) is 15.3. The van der Waals surface area contributed by atoms with E-state index in [1.54, 1.807) is 12.1 Å². The second-order valence-electron chi connectivity index (χ2n) is 4.77. The molecule has 1 fully saturated rings. The molecule has 0 aliphatic carbocycles. The van der Waals surface area contributed by atoms with Gasteiger partial charge in [-0.25, -0.2) is 0 Å². The minimum atomic E-state index is -4.83. The van der Waals surface area contributed by atoms with E-state index in [0.29, 0.717) is 0 Å². The van der Waals surface area contributed by atoms with Crippen molar-refractivity contribution in [2.24, 2.45) is 5.73 Å². The van der Waals surface area contributed by atoms with Crippen molar-refractivity contribution in [3.05, 3.63) is 73.3 Å². The lowest BCUT2D eigenvalue weighted by Gasteiger charge is -2.07. The zero-order chi connectivity index (χ0) is 20.0. The number of hydrogen-bond donors (Lipinski definition) is 1. The summed E-state index contributed by atoms with van der Waals surface area (Å²) in [6.45, 7) is 3.32. The first kappa shape index (κ1) is 20.8. The van der Waals surface area contributed by atoms with Crippen molar-refractivity contribution in [3.8, 4) is 11.5 Å². The molecule has 12 heteroatoms. The van der Waals surface area contributed by atoms with Gasteiger partial charge in [0.2, 0.25) is 0 Å². The molecule has 0 saturated carbocycles. The van der Waals surface area contributed by atoms with Crippen molar-refractivity contribution in [1.82, 2.24) is 0 Å². The summed E-state index contributed by atoms with van der Waals surface area (Å²) in [6, 6.07) is 14.6. The molecule has 1 aliphatic heterocycles. The molecule has 146 valence electrons. The highest BCUT2D eigenvalue weighted by Gasteiger charge is 2.40. The van der Waals surface area contributed by atoms with E-state index in [9.17, 15) is 16.8 Å². The van der Waals surface area contributed by atoms with Crippen LogP contribution >= 0.6 is 0 Å². The maximum Gasteiger partial charge on any atom is 0.466 e. The summed E-state index contributed by atoms with van der Waals surface area (Å²) in [6.07, 6.45) is 1.38. The average Bonchev–Trinajstić information content (AvgIpc) is 3.33. The van der Waals surface area contributed by atoms with Gasteiger partial charge in [-0.05, 0) is 30.3 Å². The molecule has 0 spiro atoms. The molecule has 0 bridgehead atoms. The summed E-state index contributed by atoms with van der Waals surface area (Å²) in [4.78, 5) is 8.41. The Morgan fingerprint density at radius 3 is 1.44 bits per heavy atom. The quantitative estimate of drug-likeness (QED) is 0.398. The van der Waals surface area contributed by atoms with Gasteiger partial charge in [0.1, 0.15) is 11.5 Å². The third-order valence-corrected chi connectivity index (χ3v) is 4.74. The van der Waals surface area contributed by atoms with Crippen LogP contribution in [0.2, 0.25) is 0 Å². The van der Waals surface area contributed by atoms with E-state index in [0.717, 1.165) is 0 Å². The molecular weight excluding hydrogens is 402 g/mol. The first-order valence-electron chi connectivity index (χ1n) is 7.12. The summed E-state index contributed by atoms with van der Waals surface area (Å²) < 4.78 is 58.9. The van der Waals surface area contributed by atoms with E-state index >= 15 is 0 Å². The van der Waals surface area contributed by atoms with Gasteiger partial charge >= 0.3 is 26.7 Å². The van der Waals surface area contributed by atoms with Crippen LogP contribution < -0.4 is 14.1 Å². The highest BCUT2D eigenvalue weighted by atomic mass is 32.3. The van der Waals surface area contributed by atoms with Crippen LogP contribution in [0.5, 0.6) is 11.5 Å². The Labute approximate surface area is 156 Å². The van der Waals surface area contributed by atoms with Crippen LogP contribution in [0.4, 0.5) is 0 Å². The molecule has 0 aromatic heterocycles. The van der Waals surface area contributed by atoms with Crippen LogP contribution in [0.3, 0.4) is 0 Å². The van der Waals surface area contributed by atoms with Gasteiger partial charge in [0, 0.05) is 0 Å². The summed E-state index contributed by atoms with van der Waals surface area (Å²) >= 11 is 0. The van der Waals surface area contributed by atoms with E-state index in [1.807, 2.05) is 0 Å². The van der Waals surface area contributed by atoms with Crippen molar-refractivity contribution in [2.45, 2.75) is 5.91 Å². The Morgan fingerprint density at radius 2 is 1.19 bits per heavy atom. The van der Waals surface area contributed by atoms with Crippen LogP contribution in [0.1, 0.15) is 0 Å². The van der Waals surface area contributed by atoms with Gasteiger partial charge in [0.25, 0.3) is 0 Å². The number of rotatable bonds is 7. The summed E-state index contributed by atoms with van der Waals surface area (Å²) in [5.74, 6) is -1.13. The number of hydrogen-bond acceptors (Lipinski definition) is 10. The van der Waals surface area contributed by atoms with Crippen molar-refractivity contribution in [3.63, 3.8) is 0 Å². The van der Waals surface area contributed by atoms with Gasteiger partial charge in [-0.3, -0.25) is 5.73 Å². The SMILES string of the molecule is C=CC1(N)OO1.O=S(=O)(Oc1ccccc1)OS(=O)(=O)Oc1ccccc1. The highest BCUT2D eigenvalue weighted by molar-refractivity contribution is 7.95. The van der Waals surface area contributed by atoms with Crippen LogP contribution in [-0.4, -0.2) is 22.7 Å². The molecule has 0 atom stereocenters. The van der Waals surface area contributed by atoms with E-state index in [-0.39, 0.29) is 11.5 Å². The first-order valence-corrected chi connectivity index (χ1v) is 9.79. The first-order chi connectivity index (χ1) is 12.6. The van der Waals surface area contributed by atoms with Crippen molar-refractivity contribution in [1.29, 1.82) is 0 Å². The zero-order valence-electron chi connectivity index (χ0n) is 13.6. The standard InChI is InChI=1S/C12H10O7S2.C3H5NO2/c13-20(14,17-11-7-3-1-4-8-11)19-21(15,16)18-12-9-5-2-6-10-12;1-2-3(4)5-6-3/h1-10H;2H,1,4H2. The van der Waals surface area contributed by atoms with Crippen LogP contribution in [-0.2, 0) is 34.2 Å². The summed E-state index contributed by atoms with van der Waals surface area (Å²) in [7, 11) is -9.65. The second kappa shape index (κ2) is 8.47. The number of benzene rings is 2. The Morgan fingerprint density at radius 1 is 0.815 bits per heavy atom. The molecule has 1 saturated heterocycles. The van der Waals surface area contributed by atoms with Crippen LogP contribution in [0.25, 0.3) is 0 Å². The molecule has 27 heavy (non-hydrogen) atoms. The molecule has 1 aliphatic rings. The second-order valence-corrected chi connectivity index (χ2v) is 7.28. The Balaban J connectivity index is 0.000000369. The van der Waals surface area contributed by atoms with Crippen molar-refractivity contribution >= 4 is 20.8 Å². The normalized spacial score (nSPS) is 15.0. The summed E-state index contributed by atoms with van der Waals surface area (Å²) in [5.41, 5.74) is 5.08. The Bertz CT molecular complexity index is 887. The molecule has 2 N–H and O–H groups in total. The van der Waals surface area contributed by atoms with E-state index < -0.39 is 26.7 Å². The van der Waals surface area contributed by atoms with Gasteiger partial charge in [-0.1, -0.05) is 46.6 Å². The maximum atomic E-state index is 11.5. The van der Waals surface area contributed by atoms with Crippen molar-refractivity contribution in [2.75, 3.05) is 0 Å². The van der Waals surface area contributed by atoms with Gasteiger partial charge < -0.3 is 8.37 Å². The largest absolute Gasteiger partial charge is 0.466 e. The predicted molar refractivity (Wildman–Crippen MR) is 92.4 cm³/mol. The topological polar surface area (TPSA) is 147 Å². The van der Waals surface area contributed by atoms with E-state index in [4.69, 9.17) is 5.73 Å². The van der Waals surface area contributed by atoms with Crippen LogP contribution in [0.15, 0.2) is 73.3 Å². The van der Waals surface area contributed by atoms with Gasteiger partial charge in [-0.2, -0.15) is 26.6 Å². The minimum Gasteiger partial charge on any atom is -0.361 e. The minimum absolute atomic E-state index is 0.0904. The third kappa shape index (κ3) is 7.74. The molecule has 1 heterocycles. The lowest BCUT2D eigenvalue weighted by molar-refractivity contribution is 0.0850.